The lowest BCUT2D eigenvalue weighted by molar-refractivity contribution is -0.166. The van der Waals surface area contributed by atoms with Gasteiger partial charge in [-0.1, -0.05) is 36.9 Å². The Balaban J connectivity index is 1.48. The zero-order chi connectivity index (χ0) is 28.0. The Hall–Kier alpha value is -4.02. The fraction of sp³-hybridized carbons (Fsp3) is 0.321. The molecule has 0 bridgehead atoms. The molecule has 1 N–H and O–H groups in total. The van der Waals surface area contributed by atoms with Gasteiger partial charge in [-0.2, -0.15) is 13.2 Å². The summed E-state index contributed by atoms with van der Waals surface area (Å²) in [7, 11) is 1.95. The predicted octanol–water partition coefficient (Wildman–Crippen LogP) is 7.66. The summed E-state index contributed by atoms with van der Waals surface area (Å²) in [5.74, 6) is -2.02. The monoisotopic (exact) mass is 542 g/mol. The molecule has 39 heavy (non-hydrogen) atoms. The molecule has 0 atom stereocenters. The maximum absolute atomic E-state index is 14.0. The lowest BCUT2D eigenvalue weighted by Crippen LogP contribution is -2.34. The number of nitrogens with zero attached hydrogens (tertiary/aromatic N) is 5. The summed E-state index contributed by atoms with van der Waals surface area (Å²) in [6, 6.07) is 15.6. The average molecular weight is 543 g/mol. The molecule has 0 radical (unpaired) electrons. The quantitative estimate of drug-likeness (QED) is 0.325. The van der Waals surface area contributed by atoms with Crippen molar-refractivity contribution in [1.82, 2.24) is 4.98 Å². The topological polar surface area (TPSA) is 56.1 Å². The highest BCUT2D eigenvalue weighted by Gasteiger charge is 2.65. The van der Waals surface area contributed by atoms with E-state index in [1.807, 2.05) is 18.0 Å². The molecule has 5 rings (SSSR count). The number of rotatable bonds is 6. The van der Waals surface area contributed by atoms with Gasteiger partial charge in [-0.25, -0.2) is 13.8 Å². The molecule has 0 spiro atoms. The van der Waals surface area contributed by atoms with Gasteiger partial charge in [0, 0.05) is 49.4 Å². The Labute approximate surface area is 222 Å². The van der Waals surface area contributed by atoms with Crippen molar-refractivity contribution in [2.24, 2.45) is 10.2 Å². The fourth-order valence-corrected chi connectivity index (χ4v) is 4.65. The van der Waals surface area contributed by atoms with Crippen LogP contribution >= 0.6 is 0 Å². The highest BCUT2D eigenvalue weighted by Crippen LogP contribution is 2.52. The van der Waals surface area contributed by atoms with Gasteiger partial charge in [-0.05, 0) is 43.2 Å². The molecule has 1 aromatic heterocycles. The van der Waals surface area contributed by atoms with Gasteiger partial charge in [0.05, 0.1) is 11.4 Å². The van der Waals surface area contributed by atoms with Crippen molar-refractivity contribution in [1.29, 1.82) is 0 Å². The first-order valence-electron chi connectivity index (χ1n) is 12.4. The largest absolute Gasteiger partial charge is 0.442 e. The number of nitrogens with one attached hydrogen (secondary N) is 1. The third-order valence-corrected chi connectivity index (χ3v) is 6.89. The second-order valence-electron chi connectivity index (χ2n) is 9.81. The first-order chi connectivity index (χ1) is 18.4. The number of hydrogen-bond acceptors (Lipinski definition) is 6. The highest BCUT2D eigenvalue weighted by molar-refractivity contribution is 5.75. The number of anilines is 3. The van der Waals surface area contributed by atoms with E-state index >= 15 is 0 Å². The van der Waals surface area contributed by atoms with E-state index in [0.29, 0.717) is 35.1 Å². The molecule has 3 heterocycles. The maximum atomic E-state index is 14.0. The normalized spacial score (nSPS) is 16.8. The molecule has 204 valence electrons. The molecular formula is C28H27F5N6. The molecule has 2 aliphatic heterocycles. The van der Waals surface area contributed by atoms with E-state index in [-0.39, 0.29) is 11.1 Å². The van der Waals surface area contributed by atoms with E-state index in [0.717, 1.165) is 32.0 Å². The molecule has 0 unspecified atom stereocenters. The number of fused-ring (bicyclic) bond motifs is 1. The zero-order valence-corrected chi connectivity index (χ0v) is 21.4. The first-order valence-corrected chi connectivity index (χ1v) is 12.4. The minimum absolute atomic E-state index is 0.0892. The first kappa shape index (κ1) is 26.6. The Kier molecular flexibility index (Phi) is 6.56. The van der Waals surface area contributed by atoms with E-state index < -0.39 is 17.8 Å². The second-order valence-corrected chi connectivity index (χ2v) is 9.81. The van der Waals surface area contributed by atoms with Gasteiger partial charge in [0.25, 0.3) is 5.92 Å². The lowest BCUT2D eigenvalue weighted by atomic mass is 10.0. The molecule has 2 aromatic carbocycles. The number of alkyl halides is 5. The molecule has 3 aromatic rings. The Morgan fingerprint density at radius 2 is 1.67 bits per heavy atom. The van der Waals surface area contributed by atoms with Crippen LogP contribution in [0.3, 0.4) is 0 Å². The lowest BCUT2D eigenvalue weighted by Gasteiger charge is -2.34. The van der Waals surface area contributed by atoms with Crippen LogP contribution in [0.2, 0.25) is 0 Å². The molecule has 6 nitrogen and oxygen atoms in total. The van der Waals surface area contributed by atoms with Gasteiger partial charge in [0.1, 0.15) is 5.82 Å². The summed E-state index contributed by atoms with van der Waals surface area (Å²) in [6.45, 7) is 6.36. The summed E-state index contributed by atoms with van der Waals surface area (Å²) < 4.78 is 68.6. The van der Waals surface area contributed by atoms with Crippen LogP contribution in [-0.2, 0) is 11.6 Å². The van der Waals surface area contributed by atoms with E-state index in [1.165, 1.54) is 30.3 Å². The number of halogens is 5. The average Bonchev–Trinajstić information content (AvgIpc) is 3.70. The van der Waals surface area contributed by atoms with Crippen LogP contribution in [0, 0.1) is 0 Å². The van der Waals surface area contributed by atoms with Crippen molar-refractivity contribution < 1.29 is 22.0 Å². The standard InChI is InChI=1S/C28H27F5N6/c1-18(34-22-11-7-10-21(17-22)27(36-37-27)28(31,32)33)39-15-5-4-14-38(3)24-13-12-23(35-25(24)39)19-8-6-9-20(16-19)26(2,29)30/h6-13,16-17,34H,1,4-5,14-15H2,2-3H3. The van der Waals surface area contributed by atoms with Crippen molar-refractivity contribution in [2.45, 2.75) is 37.5 Å². The molecular weight excluding hydrogens is 515 g/mol. The van der Waals surface area contributed by atoms with E-state index in [4.69, 9.17) is 4.98 Å². The van der Waals surface area contributed by atoms with Crippen molar-refractivity contribution in [2.75, 3.05) is 35.3 Å². The van der Waals surface area contributed by atoms with Crippen LogP contribution in [0.4, 0.5) is 39.1 Å². The van der Waals surface area contributed by atoms with Crippen molar-refractivity contribution >= 4 is 17.2 Å². The number of pyridine rings is 1. The third-order valence-electron chi connectivity index (χ3n) is 6.89. The van der Waals surface area contributed by atoms with Crippen LogP contribution in [0.1, 0.15) is 30.9 Å². The third kappa shape index (κ3) is 5.17. The summed E-state index contributed by atoms with van der Waals surface area (Å²) in [5.41, 5.74) is -0.460. The molecule has 0 aliphatic carbocycles. The van der Waals surface area contributed by atoms with Gasteiger partial charge < -0.3 is 15.1 Å². The maximum Gasteiger partial charge on any atom is 0.442 e. The van der Waals surface area contributed by atoms with Crippen LogP contribution in [0.15, 0.2) is 83.3 Å². The fourth-order valence-electron chi connectivity index (χ4n) is 4.65. The molecule has 11 heteroatoms. The molecule has 0 saturated heterocycles. The number of benzene rings is 2. The van der Waals surface area contributed by atoms with Crippen molar-refractivity contribution in [3.05, 3.63) is 84.2 Å². The zero-order valence-electron chi connectivity index (χ0n) is 21.4. The van der Waals surface area contributed by atoms with Gasteiger partial charge in [0.2, 0.25) is 0 Å². The molecule has 0 saturated carbocycles. The van der Waals surface area contributed by atoms with Crippen molar-refractivity contribution in [3.8, 4) is 11.3 Å². The Morgan fingerprint density at radius 1 is 0.949 bits per heavy atom. The van der Waals surface area contributed by atoms with Crippen LogP contribution in [0.5, 0.6) is 0 Å². The predicted molar refractivity (Wildman–Crippen MR) is 141 cm³/mol. The van der Waals surface area contributed by atoms with E-state index in [9.17, 15) is 22.0 Å². The minimum atomic E-state index is -4.63. The van der Waals surface area contributed by atoms with Crippen molar-refractivity contribution in [3.63, 3.8) is 0 Å². The van der Waals surface area contributed by atoms with Crippen LogP contribution in [-0.4, -0.2) is 31.3 Å². The van der Waals surface area contributed by atoms with E-state index in [2.05, 4.69) is 27.0 Å². The number of aromatic nitrogens is 1. The summed E-state index contributed by atoms with van der Waals surface area (Å²) in [4.78, 5) is 8.79. The summed E-state index contributed by atoms with van der Waals surface area (Å²) >= 11 is 0. The molecule has 0 fully saturated rings. The summed E-state index contributed by atoms with van der Waals surface area (Å²) in [6.07, 6.45) is -2.92. The van der Waals surface area contributed by atoms with Crippen LogP contribution < -0.4 is 15.1 Å². The molecule has 0 amide bonds. The summed E-state index contributed by atoms with van der Waals surface area (Å²) in [5, 5.41) is 9.68. The smallest absolute Gasteiger partial charge is 0.372 e. The van der Waals surface area contributed by atoms with E-state index in [1.54, 1.807) is 24.3 Å². The SMILES string of the molecule is C=C(Nc1cccc(C2(C(F)(F)F)N=N2)c1)N1CCCCN(C)c2ccc(-c3cccc(C(C)(F)F)c3)nc21. The Bertz CT molecular complexity index is 1420. The molecule has 2 aliphatic rings. The number of hydrogen-bond donors (Lipinski definition) is 1. The highest BCUT2D eigenvalue weighted by atomic mass is 19.4. The van der Waals surface area contributed by atoms with Gasteiger partial charge >= 0.3 is 11.8 Å². The Morgan fingerprint density at radius 3 is 2.36 bits per heavy atom. The van der Waals surface area contributed by atoms with Gasteiger partial charge in [-0.15, -0.1) is 10.2 Å². The van der Waals surface area contributed by atoms with Gasteiger partial charge in [-0.3, -0.25) is 0 Å². The van der Waals surface area contributed by atoms with Gasteiger partial charge in [0.15, 0.2) is 5.82 Å². The minimum Gasteiger partial charge on any atom is -0.372 e. The van der Waals surface area contributed by atoms with Crippen LogP contribution in [0.25, 0.3) is 11.3 Å². The second kappa shape index (κ2) is 9.62.